The highest BCUT2D eigenvalue weighted by Crippen LogP contribution is 2.24. The van der Waals surface area contributed by atoms with Gasteiger partial charge in [0, 0.05) is 0 Å². The van der Waals surface area contributed by atoms with Gasteiger partial charge in [-0.2, -0.15) is 0 Å². The zero-order valence-electron chi connectivity index (χ0n) is 7.72. The highest BCUT2D eigenvalue weighted by Gasteiger charge is 2.31. The molecule has 1 aliphatic heterocycles. The highest BCUT2D eigenvalue weighted by atomic mass is 16.7. The normalized spacial score (nSPS) is 29.2. The van der Waals surface area contributed by atoms with Crippen molar-refractivity contribution < 1.29 is 9.47 Å². The molecule has 0 unspecified atom stereocenters. The van der Waals surface area contributed by atoms with Gasteiger partial charge in [0.25, 0.3) is 0 Å². The molecule has 11 heavy (non-hydrogen) atoms. The van der Waals surface area contributed by atoms with Crippen LogP contribution in [0.15, 0.2) is 0 Å². The van der Waals surface area contributed by atoms with Crippen LogP contribution >= 0.6 is 0 Å². The van der Waals surface area contributed by atoms with Crippen molar-refractivity contribution in [2.75, 3.05) is 6.61 Å². The third kappa shape index (κ3) is 2.80. The number of hydrogen-bond acceptors (Lipinski definition) is 2. The summed E-state index contributed by atoms with van der Waals surface area (Å²) in [6, 6.07) is 0. The monoisotopic (exact) mass is 158 g/mol. The molecule has 1 saturated heterocycles. The van der Waals surface area contributed by atoms with E-state index in [0.717, 1.165) is 13.0 Å². The Morgan fingerprint density at radius 2 is 2.18 bits per heavy atom. The number of rotatable bonds is 3. The molecule has 0 amide bonds. The number of ether oxygens (including phenoxy) is 2. The van der Waals surface area contributed by atoms with Crippen LogP contribution in [0.25, 0.3) is 0 Å². The van der Waals surface area contributed by atoms with Crippen molar-refractivity contribution in [2.45, 2.75) is 51.9 Å². The molecule has 2 heteroatoms. The van der Waals surface area contributed by atoms with Crippen LogP contribution in [0.4, 0.5) is 0 Å². The smallest absolute Gasteiger partial charge is 0.163 e. The van der Waals surface area contributed by atoms with Crippen molar-refractivity contribution in [1.29, 1.82) is 0 Å². The molecule has 0 bridgehead atoms. The lowest BCUT2D eigenvalue weighted by atomic mass is 10.2. The maximum Gasteiger partial charge on any atom is 0.163 e. The maximum atomic E-state index is 5.63. The average Bonchev–Trinajstić information content (AvgIpc) is 2.26. The Bertz CT molecular complexity index is 121. The molecular weight excluding hydrogens is 140 g/mol. The predicted molar refractivity (Wildman–Crippen MR) is 44.4 cm³/mol. The van der Waals surface area contributed by atoms with E-state index in [9.17, 15) is 0 Å². The van der Waals surface area contributed by atoms with Crippen molar-refractivity contribution in [1.82, 2.24) is 0 Å². The minimum Gasteiger partial charge on any atom is -0.348 e. The van der Waals surface area contributed by atoms with Crippen LogP contribution in [0.3, 0.4) is 0 Å². The lowest BCUT2D eigenvalue weighted by Crippen LogP contribution is -2.21. The van der Waals surface area contributed by atoms with E-state index >= 15 is 0 Å². The zero-order chi connectivity index (χ0) is 8.32. The molecule has 0 N–H and O–H groups in total. The van der Waals surface area contributed by atoms with Crippen LogP contribution in [0, 0.1) is 0 Å². The van der Waals surface area contributed by atoms with Gasteiger partial charge in [0.1, 0.15) is 0 Å². The third-order valence-electron chi connectivity index (χ3n) is 1.95. The summed E-state index contributed by atoms with van der Waals surface area (Å²) in [7, 11) is 0. The summed E-state index contributed by atoms with van der Waals surface area (Å²) in [5.74, 6) is -0.335. The molecule has 0 spiro atoms. The zero-order valence-corrected chi connectivity index (χ0v) is 7.72. The van der Waals surface area contributed by atoms with Gasteiger partial charge in [-0.3, -0.25) is 0 Å². The third-order valence-corrected chi connectivity index (χ3v) is 1.95. The second-order valence-electron chi connectivity index (χ2n) is 3.59. The lowest BCUT2D eigenvalue weighted by molar-refractivity contribution is -0.139. The molecule has 66 valence electrons. The molecule has 0 aromatic rings. The first-order valence-corrected chi connectivity index (χ1v) is 4.46. The quantitative estimate of drug-likeness (QED) is 0.627. The van der Waals surface area contributed by atoms with E-state index in [4.69, 9.17) is 9.47 Å². The largest absolute Gasteiger partial charge is 0.348 e. The van der Waals surface area contributed by atoms with Crippen molar-refractivity contribution in [3.05, 3.63) is 0 Å². The van der Waals surface area contributed by atoms with E-state index in [2.05, 4.69) is 6.92 Å². The molecule has 1 heterocycles. The Hall–Kier alpha value is -0.0800. The van der Waals surface area contributed by atoms with Crippen molar-refractivity contribution >= 4 is 0 Å². The van der Waals surface area contributed by atoms with Gasteiger partial charge in [0.15, 0.2) is 5.79 Å². The second kappa shape index (κ2) is 3.55. The lowest BCUT2D eigenvalue weighted by Gasteiger charge is -2.16. The van der Waals surface area contributed by atoms with Crippen LogP contribution in [-0.4, -0.2) is 18.5 Å². The van der Waals surface area contributed by atoms with Gasteiger partial charge in [-0.25, -0.2) is 0 Å². The minimum absolute atomic E-state index is 0.335. The van der Waals surface area contributed by atoms with Crippen LogP contribution < -0.4 is 0 Å². The first-order chi connectivity index (χ1) is 5.14. The molecule has 1 fully saturated rings. The Morgan fingerprint density at radius 3 is 2.64 bits per heavy atom. The first-order valence-electron chi connectivity index (χ1n) is 4.46. The van der Waals surface area contributed by atoms with Gasteiger partial charge in [-0.1, -0.05) is 19.8 Å². The summed E-state index contributed by atoms with van der Waals surface area (Å²) in [5, 5.41) is 0. The SMILES string of the molecule is CCCC[C@H]1COC(C)(C)O1. The fraction of sp³-hybridized carbons (Fsp3) is 1.00. The van der Waals surface area contributed by atoms with Crippen molar-refractivity contribution in [3.63, 3.8) is 0 Å². The summed E-state index contributed by atoms with van der Waals surface area (Å²) >= 11 is 0. The summed E-state index contributed by atoms with van der Waals surface area (Å²) in [6.45, 7) is 6.91. The molecule has 0 aliphatic carbocycles. The summed E-state index contributed by atoms with van der Waals surface area (Å²) in [4.78, 5) is 0. The molecule has 1 aliphatic rings. The highest BCUT2D eigenvalue weighted by molar-refractivity contribution is 4.70. The Labute approximate surface area is 68.9 Å². The van der Waals surface area contributed by atoms with Crippen molar-refractivity contribution in [3.8, 4) is 0 Å². The minimum atomic E-state index is -0.335. The molecule has 2 nitrogen and oxygen atoms in total. The fourth-order valence-electron chi connectivity index (χ4n) is 1.34. The predicted octanol–water partition coefficient (Wildman–Crippen LogP) is 2.33. The van der Waals surface area contributed by atoms with Gasteiger partial charge in [0.05, 0.1) is 12.7 Å². The molecule has 0 aromatic carbocycles. The molecule has 0 radical (unpaired) electrons. The molecule has 1 atom stereocenters. The van der Waals surface area contributed by atoms with Crippen LogP contribution in [-0.2, 0) is 9.47 Å². The summed E-state index contributed by atoms with van der Waals surface area (Å²) in [5.41, 5.74) is 0. The van der Waals surface area contributed by atoms with E-state index < -0.39 is 0 Å². The van der Waals surface area contributed by atoms with Crippen molar-refractivity contribution in [2.24, 2.45) is 0 Å². The van der Waals surface area contributed by atoms with Gasteiger partial charge in [-0.15, -0.1) is 0 Å². The van der Waals surface area contributed by atoms with Crippen LogP contribution in [0.5, 0.6) is 0 Å². The molecule has 1 rings (SSSR count). The first kappa shape index (κ1) is 9.01. The Balaban J connectivity index is 2.20. The standard InChI is InChI=1S/C9H18O2/c1-4-5-6-8-7-10-9(2,3)11-8/h8H,4-7H2,1-3H3/t8-/m0/s1. The summed E-state index contributed by atoms with van der Waals surface area (Å²) in [6.07, 6.45) is 3.95. The van der Waals surface area contributed by atoms with E-state index in [0.29, 0.717) is 6.10 Å². The molecule has 0 aromatic heterocycles. The number of hydrogen-bond donors (Lipinski definition) is 0. The fourth-order valence-corrected chi connectivity index (χ4v) is 1.34. The van der Waals surface area contributed by atoms with Gasteiger partial charge < -0.3 is 9.47 Å². The molecular formula is C9H18O2. The van der Waals surface area contributed by atoms with E-state index in [1.54, 1.807) is 0 Å². The van der Waals surface area contributed by atoms with E-state index in [1.807, 2.05) is 13.8 Å². The van der Waals surface area contributed by atoms with Gasteiger partial charge >= 0.3 is 0 Å². The van der Waals surface area contributed by atoms with Crippen LogP contribution in [0.2, 0.25) is 0 Å². The van der Waals surface area contributed by atoms with Gasteiger partial charge in [-0.05, 0) is 20.3 Å². The Kier molecular flexibility index (Phi) is 2.90. The van der Waals surface area contributed by atoms with Gasteiger partial charge in [0.2, 0.25) is 0 Å². The Morgan fingerprint density at radius 1 is 1.45 bits per heavy atom. The van der Waals surface area contributed by atoms with Crippen LogP contribution in [0.1, 0.15) is 40.0 Å². The van der Waals surface area contributed by atoms with E-state index in [1.165, 1.54) is 12.8 Å². The number of unbranched alkanes of at least 4 members (excludes halogenated alkanes) is 1. The molecule has 0 saturated carbocycles. The van der Waals surface area contributed by atoms with E-state index in [-0.39, 0.29) is 5.79 Å². The maximum absolute atomic E-state index is 5.63. The average molecular weight is 158 g/mol. The second-order valence-corrected chi connectivity index (χ2v) is 3.59. The topological polar surface area (TPSA) is 18.5 Å². The summed E-state index contributed by atoms with van der Waals surface area (Å²) < 4.78 is 11.1.